The smallest absolute Gasteiger partial charge is 0.242 e. The largest absolute Gasteiger partial charge is 0.482 e. The maximum Gasteiger partial charge on any atom is 0.242 e. The van der Waals surface area contributed by atoms with Gasteiger partial charge in [-0.25, -0.2) is 19.0 Å². The van der Waals surface area contributed by atoms with Crippen molar-refractivity contribution in [3.8, 4) is 5.75 Å². The molecule has 0 amide bonds. The van der Waals surface area contributed by atoms with Gasteiger partial charge in [0, 0.05) is 48.5 Å². The fraction of sp³-hybridized carbons (Fsp3) is 0.520. The van der Waals surface area contributed by atoms with Gasteiger partial charge in [0.05, 0.1) is 0 Å². The molecular weight excluding hydrogens is 469 g/mol. The minimum absolute atomic E-state index is 0.294. The molecule has 3 aliphatic rings. The van der Waals surface area contributed by atoms with Gasteiger partial charge in [-0.2, -0.15) is 4.98 Å². The number of aromatic nitrogens is 5. The van der Waals surface area contributed by atoms with E-state index in [1.165, 1.54) is 25.0 Å². The maximum atomic E-state index is 13.8. The van der Waals surface area contributed by atoms with Crippen molar-refractivity contribution >= 4 is 23.4 Å². The zero-order valence-corrected chi connectivity index (χ0v) is 20.5. The summed E-state index contributed by atoms with van der Waals surface area (Å²) < 4.78 is 21.9. The molecule has 184 valence electrons. The van der Waals surface area contributed by atoms with Gasteiger partial charge in [0.15, 0.2) is 11.9 Å². The Morgan fingerprint density at radius 3 is 2.66 bits per heavy atom. The van der Waals surface area contributed by atoms with Crippen LogP contribution in [0.4, 0.5) is 16.2 Å². The predicted octanol–water partition coefficient (Wildman–Crippen LogP) is 4.80. The van der Waals surface area contributed by atoms with Crippen molar-refractivity contribution in [1.29, 1.82) is 0 Å². The molecule has 1 N–H and O–H groups in total. The SMILES string of the molecule is Cc1cc(N2C[C@H]3CC[C@@H](C2)[C@@H]3Nc2nc3n(n2)CCCC[C@H]3Oc2cc(F)cc(Cl)c2)ncn1. The van der Waals surface area contributed by atoms with Gasteiger partial charge >= 0.3 is 0 Å². The van der Waals surface area contributed by atoms with Crippen molar-refractivity contribution in [2.24, 2.45) is 11.8 Å². The second kappa shape index (κ2) is 9.26. The number of piperidine rings is 1. The third kappa shape index (κ3) is 4.66. The predicted molar refractivity (Wildman–Crippen MR) is 131 cm³/mol. The topological polar surface area (TPSA) is 81.0 Å². The van der Waals surface area contributed by atoms with E-state index in [2.05, 4.69) is 26.3 Å². The molecule has 2 bridgehead atoms. The van der Waals surface area contributed by atoms with Gasteiger partial charge in [-0.3, -0.25) is 0 Å². The van der Waals surface area contributed by atoms with Crippen LogP contribution in [0.1, 0.15) is 49.7 Å². The number of fused-ring (bicyclic) bond motifs is 3. The van der Waals surface area contributed by atoms with Crippen LogP contribution in [0.3, 0.4) is 0 Å². The van der Waals surface area contributed by atoms with Crippen LogP contribution in [0.25, 0.3) is 0 Å². The summed E-state index contributed by atoms with van der Waals surface area (Å²) in [6.45, 7) is 4.73. The van der Waals surface area contributed by atoms with Crippen LogP contribution < -0.4 is 15.0 Å². The summed E-state index contributed by atoms with van der Waals surface area (Å²) >= 11 is 6.03. The minimum Gasteiger partial charge on any atom is -0.482 e. The van der Waals surface area contributed by atoms with Crippen molar-refractivity contribution in [3.63, 3.8) is 0 Å². The van der Waals surface area contributed by atoms with Crippen molar-refractivity contribution in [1.82, 2.24) is 24.7 Å². The van der Waals surface area contributed by atoms with E-state index < -0.39 is 5.82 Å². The van der Waals surface area contributed by atoms with E-state index >= 15 is 0 Å². The minimum atomic E-state index is -0.413. The molecule has 1 aliphatic carbocycles. The summed E-state index contributed by atoms with van der Waals surface area (Å²) in [6.07, 6.45) is 6.51. The average Bonchev–Trinajstić information content (AvgIpc) is 3.23. The zero-order valence-electron chi connectivity index (χ0n) is 19.7. The van der Waals surface area contributed by atoms with E-state index in [-0.39, 0.29) is 6.10 Å². The molecule has 0 radical (unpaired) electrons. The van der Waals surface area contributed by atoms with Crippen molar-refractivity contribution in [2.75, 3.05) is 23.3 Å². The average molecular weight is 498 g/mol. The van der Waals surface area contributed by atoms with Gasteiger partial charge in [-0.15, -0.1) is 5.10 Å². The van der Waals surface area contributed by atoms with E-state index in [0.29, 0.717) is 34.6 Å². The first-order valence-corrected chi connectivity index (χ1v) is 12.8. The van der Waals surface area contributed by atoms with Crippen LogP contribution in [0.15, 0.2) is 30.6 Å². The summed E-state index contributed by atoms with van der Waals surface area (Å²) in [4.78, 5) is 16.0. The molecule has 3 aromatic rings. The van der Waals surface area contributed by atoms with E-state index in [1.54, 1.807) is 12.4 Å². The number of ether oxygens (including phenoxy) is 1. The molecule has 8 nitrogen and oxygen atoms in total. The maximum absolute atomic E-state index is 13.8. The third-order valence-corrected chi connectivity index (χ3v) is 7.65. The Bertz CT molecular complexity index is 1190. The summed E-state index contributed by atoms with van der Waals surface area (Å²) in [5.74, 6) is 3.47. The first-order valence-electron chi connectivity index (χ1n) is 12.4. The Morgan fingerprint density at radius 2 is 1.89 bits per heavy atom. The molecule has 4 atom stereocenters. The molecule has 2 fully saturated rings. The number of rotatable bonds is 5. The molecule has 10 heteroatoms. The van der Waals surface area contributed by atoms with Crippen LogP contribution in [0.2, 0.25) is 5.02 Å². The molecule has 2 aliphatic heterocycles. The Morgan fingerprint density at radius 1 is 1.06 bits per heavy atom. The number of aryl methyl sites for hydroxylation is 2. The molecule has 35 heavy (non-hydrogen) atoms. The van der Waals surface area contributed by atoms with Crippen molar-refractivity contribution < 1.29 is 9.13 Å². The number of hydrogen-bond acceptors (Lipinski definition) is 7. The number of anilines is 2. The standard InChI is InChI=1S/C25H29ClFN7O/c1-15-8-22(29-14-28-15)33-12-16-5-6-17(13-33)23(16)30-25-31-24-21(4-2-3-7-34(24)32-25)35-20-10-18(26)9-19(27)11-20/h8-11,14,16-17,21,23H,2-7,12-13H2,1H3,(H,30,32)/t16-,17+,21-,23-/m1/s1. The lowest BCUT2D eigenvalue weighted by Gasteiger charge is -2.38. The second-order valence-corrected chi connectivity index (χ2v) is 10.4. The lowest BCUT2D eigenvalue weighted by molar-refractivity contribution is 0.183. The molecule has 0 unspecified atom stereocenters. The molecule has 1 saturated heterocycles. The Hall–Kier alpha value is -2.94. The first-order chi connectivity index (χ1) is 17.0. The highest BCUT2D eigenvalue weighted by Gasteiger charge is 2.43. The van der Waals surface area contributed by atoms with Gasteiger partial charge in [0.2, 0.25) is 5.95 Å². The van der Waals surface area contributed by atoms with E-state index in [0.717, 1.165) is 56.2 Å². The number of halogens is 2. The second-order valence-electron chi connectivity index (χ2n) is 9.91. The first kappa shape index (κ1) is 22.5. The Kier molecular flexibility index (Phi) is 5.96. The fourth-order valence-electron chi connectivity index (χ4n) is 5.82. The van der Waals surface area contributed by atoms with Crippen molar-refractivity contribution in [2.45, 2.75) is 57.7 Å². The monoisotopic (exact) mass is 497 g/mol. The molecule has 2 aromatic heterocycles. The Labute approximate surface area is 208 Å². The van der Waals surface area contributed by atoms with E-state index in [4.69, 9.17) is 26.4 Å². The summed E-state index contributed by atoms with van der Waals surface area (Å²) in [6, 6.07) is 6.67. The van der Waals surface area contributed by atoms with E-state index in [9.17, 15) is 4.39 Å². The highest BCUT2D eigenvalue weighted by molar-refractivity contribution is 6.30. The highest BCUT2D eigenvalue weighted by atomic mass is 35.5. The zero-order chi connectivity index (χ0) is 23.9. The van der Waals surface area contributed by atoms with Crippen LogP contribution >= 0.6 is 11.6 Å². The van der Waals surface area contributed by atoms with Crippen LogP contribution in [-0.2, 0) is 6.54 Å². The fourth-order valence-corrected chi connectivity index (χ4v) is 6.03. The summed E-state index contributed by atoms with van der Waals surface area (Å²) in [5, 5.41) is 8.78. The molecule has 0 spiro atoms. The van der Waals surface area contributed by atoms with Gasteiger partial charge in [0.25, 0.3) is 0 Å². The van der Waals surface area contributed by atoms with Gasteiger partial charge in [0.1, 0.15) is 23.7 Å². The lowest BCUT2D eigenvalue weighted by Crippen LogP contribution is -2.48. The van der Waals surface area contributed by atoms with Crippen molar-refractivity contribution in [3.05, 3.63) is 53.0 Å². The highest BCUT2D eigenvalue weighted by Crippen LogP contribution is 2.40. The normalized spacial score (nSPS) is 25.7. The third-order valence-electron chi connectivity index (χ3n) is 7.43. The molecule has 1 saturated carbocycles. The quantitative estimate of drug-likeness (QED) is 0.542. The van der Waals surface area contributed by atoms with Gasteiger partial charge < -0.3 is 15.0 Å². The molecule has 6 rings (SSSR count). The number of nitrogens with zero attached hydrogens (tertiary/aromatic N) is 6. The lowest BCUT2D eigenvalue weighted by atomic mass is 9.92. The summed E-state index contributed by atoms with van der Waals surface area (Å²) in [7, 11) is 0. The summed E-state index contributed by atoms with van der Waals surface area (Å²) in [5.41, 5.74) is 0.989. The number of nitrogens with one attached hydrogen (secondary N) is 1. The van der Waals surface area contributed by atoms with Crippen LogP contribution in [0, 0.1) is 24.6 Å². The molecule has 4 heterocycles. The van der Waals surface area contributed by atoms with Crippen LogP contribution in [0.5, 0.6) is 5.75 Å². The number of hydrogen-bond donors (Lipinski definition) is 1. The van der Waals surface area contributed by atoms with Gasteiger partial charge in [-0.05, 0) is 63.0 Å². The van der Waals surface area contributed by atoms with E-state index in [1.807, 2.05) is 11.6 Å². The molecule has 1 aromatic carbocycles. The van der Waals surface area contributed by atoms with Gasteiger partial charge in [-0.1, -0.05) is 11.6 Å². The number of benzene rings is 1. The molecular formula is C25H29ClFN7O. The van der Waals surface area contributed by atoms with Crippen LogP contribution in [-0.4, -0.2) is 43.9 Å². The Balaban J connectivity index is 1.18.